The maximum Gasteiger partial charge on any atom is 0.310 e. The first-order valence-electron chi connectivity index (χ1n) is 7.90. The average molecular weight is 321 g/mol. The number of ether oxygens (including phenoxy) is 1. The van der Waals surface area contributed by atoms with E-state index < -0.39 is 4.92 Å². The van der Waals surface area contributed by atoms with E-state index in [0.717, 1.165) is 32.5 Å². The first-order valence-corrected chi connectivity index (χ1v) is 7.90. The Balaban J connectivity index is 1.82. The highest BCUT2D eigenvalue weighted by Gasteiger charge is 2.23. The van der Waals surface area contributed by atoms with Gasteiger partial charge < -0.3 is 15.0 Å². The zero-order valence-corrected chi connectivity index (χ0v) is 13.4. The quantitative estimate of drug-likeness (QED) is 0.611. The van der Waals surface area contributed by atoms with Crippen LogP contribution < -0.4 is 10.1 Å². The van der Waals surface area contributed by atoms with Crippen LogP contribution in [0.25, 0.3) is 0 Å². The molecule has 7 nitrogen and oxygen atoms in total. The van der Waals surface area contributed by atoms with Gasteiger partial charge in [-0.05, 0) is 38.4 Å². The van der Waals surface area contributed by atoms with E-state index in [1.807, 2.05) is 11.9 Å². The summed E-state index contributed by atoms with van der Waals surface area (Å²) >= 11 is 0. The molecule has 1 atom stereocenters. The summed E-state index contributed by atoms with van der Waals surface area (Å²) < 4.78 is 5.43. The van der Waals surface area contributed by atoms with Crippen LogP contribution in [0.4, 0.5) is 5.69 Å². The Labute approximate surface area is 135 Å². The van der Waals surface area contributed by atoms with Gasteiger partial charge in [0.1, 0.15) is 0 Å². The molecule has 1 heterocycles. The Morgan fingerprint density at radius 3 is 3.00 bits per heavy atom. The number of nitro benzene ring substituents is 1. The number of hydrogen-bond donors (Lipinski definition) is 1. The minimum absolute atomic E-state index is 0.0457. The number of benzene rings is 1. The Hall–Kier alpha value is -2.15. The SMILES string of the molecule is CNCC1CCCN(C(=O)CCOc2ccccc2[N+](=O)[O-])C1. The van der Waals surface area contributed by atoms with Crippen LogP contribution in [0.3, 0.4) is 0 Å². The van der Waals surface area contributed by atoms with Crippen LogP contribution in [0.2, 0.25) is 0 Å². The Bertz CT molecular complexity index is 548. The van der Waals surface area contributed by atoms with E-state index in [4.69, 9.17) is 4.74 Å². The first-order chi connectivity index (χ1) is 11.1. The molecule has 1 aliphatic rings. The molecule has 126 valence electrons. The van der Waals surface area contributed by atoms with Crippen molar-refractivity contribution in [2.45, 2.75) is 19.3 Å². The Morgan fingerprint density at radius 1 is 1.48 bits per heavy atom. The van der Waals surface area contributed by atoms with E-state index in [0.29, 0.717) is 5.92 Å². The minimum Gasteiger partial charge on any atom is -0.486 e. The molecule has 0 saturated carbocycles. The van der Waals surface area contributed by atoms with Crippen molar-refractivity contribution < 1.29 is 14.5 Å². The van der Waals surface area contributed by atoms with E-state index in [-0.39, 0.29) is 30.4 Å². The fourth-order valence-electron chi connectivity index (χ4n) is 2.88. The van der Waals surface area contributed by atoms with Crippen molar-refractivity contribution >= 4 is 11.6 Å². The van der Waals surface area contributed by atoms with Crippen molar-refractivity contribution in [1.82, 2.24) is 10.2 Å². The second-order valence-corrected chi connectivity index (χ2v) is 5.73. The summed E-state index contributed by atoms with van der Waals surface area (Å²) in [7, 11) is 1.92. The first kappa shape index (κ1) is 17.2. The van der Waals surface area contributed by atoms with Crippen LogP contribution in [0.1, 0.15) is 19.3 Å². The third-order valence-electron chi connectivity index (χ3n) is 4.00. The molecule has 7 heteroatoms. The highest BCUT2D eigenvalue weighted by atomic mass is 16.6. The average Bonchev–Trinajstić information content (AvgIpc) is 2.55. The summed E-state index contributed by atoms with van der Waals surface area (Å²) in [5.74, 6) is 0.746. The van der Waals surface area contributed by atoms with Crippen molar-refractivity contribution in [1.29, 1.82) is 0 Å². The van der Waals surface area contributed by atoms with Gasteiger partial charge in [0.2, 0.25) is 5.91 Å². The zero-order valence-electron chi connectivity index (χ0n) is 13.4. The largest absolute Gasteiger partial charge is 0.486 e. The molecular formula is C16H23N3O4. The number of piperidine rings is 1. The number of para-hydroxylation sites is 2. The van der Waals surface area contributed by atoms with Gasteiger partial charge in [0.05, 0.1) is 18.0 Å². The number of carbonyl (C=O) groups excluding carboxylic acids is 1. The highest BCUT2D eigenvalue weighted by Crippen LogP contribution is 2.26. The van der Waals surface area contributed by atoms with Crippen LogP contribution in [-0.2, 0) is 4.79 Å². The van der Waals surface area contributed by atoms with E-state index in [1.165, 1.54) is 6.07 Å². The van der Waals surface area contributed by atoms with E-state index in [9.17, 15) is 14.9 Å². The van der Waals surface area contributed by atoms with Gasteiger partial charge in [-0.25, -0.2) is 0 Å². The van der Waals surface area contributed by atoms with Crippen LogP contribution >= 0.6 is 0 Å². The summed E-state index contributed by atoms with van der Waals surface area (Å²) in [6.07, 6.45) is 2.39. The fourth-order valence-corrected chi connectivity index (χ4v) is 2.88. The van der Waals surface area contributed by atoms with Gasteiger partial charge in [-0.2, -0.15) is 0 Å². The van der Waals surface area contributed by atoms with Crippen molar-refractivity contribution in [3.63, 3.8) is 0 Å². The van der Waals surface area contributed by atoms with E-state index >= 15 is 0 Å². The van der Waals surface area contributed by atoms with Gasteiger partial charge in [-0.3, -0.25) is 14.9 Å². The molecule has 1 aliphatic heterocycles. The number of nitro groups is 1. The minimum atomic E-state index is -0.482. The van der Waals surface area contributed by atoms with Gasteiger partial charge in [-0.1, -0.05) is 12.1 Å². The number of carbonyl (C=O) groups is 1. The fraction of sp³-hybridized carbons (Fsp3) is 0.562. The molecule has 0 spiro atoms. The van der Waals surface area contributed by atoms with Crippen LogP contribution in [0.15, 0.2) is 24.3 Å². The molecule has 1 N–H and O–H groups in total. The van der Waals surface area contributed by atoms with Crippen LogP contribution in [0.5, 0.6) is 5.75 Å². The maximum atomic E-state index is 12.2. The molecule has 2 rings (SSSR count). The summed E-state index contributed by atoms with van der Waals surface area (Å²) in [5, 5.41) is 14.1. The summed E-state index contributed by atoms with van der Waals surface area (Å²) in [6.45, 7) is 2.61. The van der Waals surface area contributed by atoms with Crippen molar-refractivity contribution in [3.05, 3.63) is 34.4 Å². The molecule has 1 fully saturated rings. The number of rotatable bonds is 7. The maximum absolute atomic E-state index is 12.2. The number of nitrogens with zero attached hydrogens (tertiary/aromatic N) is 2. The van der Waals surface area contributed by atoms with Gasteiger partial charge in [0, 0.05) is 19.2 Å². The van der Waals surface area contributed by atoms with Crippen LogP contribution in [0, 0.1) is 16.0 Å². The third kappa shape index (κ3) is 4.92. The zero-order chi connectivity index (χ0) is 16.7. The predicted molar refractivity (Wildman–Crippen MR) is 86.4 cm³/mol. The number of amides is 1. The molecule has 0 aromatic heterocycles. The van der Waals surface area contributed by atoms with Gasteiger partial charge in [0.25, 0.3) is 0 Å². The normalized spacial score (nSPS) is 17.8. The monoisotopic (exact) mass is 321 g/mol. The molecule has 1 unspecified atom stereocenters. The molecule has 1 saturated heterocycles. The van der Waals surface area contributed by atoms with Crippen molar-refractivity contribution in [2.75, 3.05) is 33.3 Å². The van der Waals surface area contributed by atoms with Gasteiger partial charge in [-0.15, -0.1) is 0 Å². The molecule has 1 amide bonds. The highest BCUT2D eigenvalue weighted by molar-refractivity contribution is 5.76. The lowest BCUT2D eigenvalue weighted by Crippen LogP contribution is -2.42. The molecular weight excluding hydrogens is 298 g/mol. The third-order valence-corrected chi connectivity index (χ3v) is 4.00. The summed E-state index contributed by atoms with van der Waals surface area (Å²) in [5.41, 5.74) is -0.0768. The molecule has 0 bridgehead atoms. The standard InChI is InChI=1S/C16H23N3O4/c1-17-11-13-5-4-9-18(12-13)16(20)8-10-23-15-7-3-2-6-14(15)19(21)22/h2-3,6-7,13,17H,4-5,8-12H2,1H3. The second kappa shape index (κ2) is 8.47. The lowest BCUT2D eigenvalue weighted by atomic mass is 9.98. The molecule has 1 aromatic rings. The summed E-state index contributed by atoms with van der Waals surface area (Å²) in [4.78, 5) is 24.5. The molecule has 1 aromatic carbocycles. The van der Waals surface area contributed by atoms with Crippen molar-refractivity contribution in [3.8, 4) is 5.75 Å². The number of likely N-dealkylation sites (tertiary alicyclic amines) is 1. The lowest BCUT2D eigenvalue weighted by Gasteiger charge is -2.32. The van der Waals surface area contributed by atoms with Crippen molar-refractivity contribution in [2.24, 2.45) is 5.92 Å². The molecule has 0 radical (unpaired) electrons. The van der Waals surface area contributed by atoms with Gasteiger partial charge in [0.15, 0.2) is 5.75 Å². The van der Waals surface area contributed by atoms with Crippen LogP contribution in [-0.4, -0.2) is 49.0 Å². The lowest BCUT2D eigenvalue weighted by molar-refractivity contribution is -0.385. The van der Waals surface area contributed by atoms with E-state index in [1.54, 1.807) is 18.2 Å². The number of hydrogen-bond acceptors (Lipinski definition) is 5. The van der Waals surface area contributed by atoms with Gasteiger partial charge >= 0.3 is 5.69 Å². The second-order valence-electron chi connectivity index (χ2n) is 5.73. The Kier molecular flexibility index (Phi) is 6.34. The smallest absolute Gasteiger partial charge is 0.310 e. The molecule has 23 heavy (non-hydrogen) atoms. The molecule has 0 aliphatic carbocycles. The van der Waals surface area contributed by atoms with E-state index in [2.05, 4.69) is 5.32 Å². The number of nitrogens with one attached hydrogen (secondary N) is 1. The Morgan fingerprint density at radius 2 is 2.26 bits per heavy atom. The topological polar surface area (TPSA) is 84.7 Å². The predicted octanol–water partition coefficient (Wildman–Crippen LogP) is 1.82. The summed E-state index contributed by atoms with van der Waals surface area (Å²) in [6, 6.07) is 6.21.